The number of unbranched alkanes of at least 4 members (excludes halogenated alkanes) is 2. The van der Waals surface area contributed by atoms with Gasteiger partial charge in [-0.15, -0.1) is 0 Å². The van der Waals surface area contributed by atoms with Crippen molar-refractivity contribution < 1.29 is 24.8 Å². The van der Waals surface area contributed by atoms with Gasteiger partial charge in [-0.05, 0) is 57.1 Å². The van der Waals surface area contributed by atoms with Crippen molar-refractivity contribution in [3.05, 3.63) is 46.6 Å². The zero-order chi connectivity index (χ0) is 20.8. The predicted molar refractivity (Wildman–Crippen MR) is 109 cm³/mol. The molecule has 28 heavy (non-hydrogen) atoms. The third kappa shape index (κ3) is 4.76. The van der Waals surface area contributed by atoms with E-state index in [9.17, 15) is 15.0 Å². The van der Waals surface area contributed by atoms with Crippen LogP contribution in [0, 0.1) is 5.92 Å². The normalized spacial score (nSPS) is 19.2. The van der Waals surface area contributed by atoms with E-state index in [2.05, 4.69) is 24.5 Å². The van der Waals surface area contributed by atoms with Crippen molar-refractivity contribution in [2.45, 2.75) is 65.2 Å². The fraction of sp³-hybridized carbons (Fsp3) is 0.522. The highest BCUT2D eigenvalue weighted by atomic mass is 17.2. The minimum Gasteiger partial charge on any atom is -0.507 e. The molecule has 1 aliphatic rings. The molecule has 2 atom stereocenters. The maximum atomic E-state index is 12.5. The van der Waals surface area contributed by atoms with Crippen molar-refractivity contribution in [1.82, 2.24) is 0 Å². The lowest BCUT2D eigenvalue weighted by Gasteiger charge is -2.32. The Morgan fingerprint density at radius 2 is 2.04 bits per heavy atom. The molecule has 0 unspecified atom stereocenters. The van der Waals surface area contributed by atoms with E-state index in [4.69, 9.17) is 4.89 Å². The van der Waals surface area contributed by atoms with Crippen LogP contribution in [-0.4, -0.2) is 23.3 Å². The van der Waals surface area contributed by atoms with Crippen LogP contribution in [0.5, 0.6) is 11.5 Å². The van der Waals surface area contributed by atoms with Gasteiger partial charge < -0.3 is 10.2 Å². The molecule has 154 valence electrons. The Hall–Kier alpha value is -2.27. The molecule has 2 rings (SSSR count). The lowest BCUT2D eigenvalue weighted by Crippen LogP contribution is -2.18. The molecule has 0 saturated carbocycles. The summed E-state index contributed by atoms with van der Waals surface area (Å²) in [5, 5.41) is 21.9. The SMILES string of the molecule is C=C(C)[C@@H]1CCC(C)=C[C@H]1c1c(O)cc(CCCCC)c(C(=O)OOC)c1O. The molecule has 5 nitrogen and oxygen atoms in total. The minimum absolute atomic E-state index is 0.000153. The smallest absolute Gasteiger partial charge is 0.377 e. The number of phenols is 2. The molecule has 0 spiro atoms. The third-order valence-corrected chi connectivity index (χ3v) is 5.53. The van der Waals surface area contributed by atoms with Gasteiger partial charge in [0.25, 0.3) is 0 Å². The van der Waals surface area contributed by atoms with E-state index in [-0.39, 0.29) is 28.9 Å². The van der Waals surface area contributed by atoms with Crippen molar-refractivity contribution in [1.29, 1.82) is 0 Å². The van der Waals surface area contributed by atoms with Gasteiger partial charge in [0, 0.05) is 11.5 Å². The van der Waals surface area contributed by atoms with Gasteiger partial charge in [-0.25, -0.2) is 4.79 Å². The molecule has 0 saturated heterocycles. The maximum absolute atomic E-state index is 12.5. The van der Waals surface area contributed by atoms with Crippen molar-refractivity contribution in [3.8, 4) is 11.5 Å². The molecule has 0 aliphatic heterocycles. The maximum Gasteiger partial charge on any atom is 0.377 e. The molecule has 0 bridgehead atoms. The topological polar surface area (TPSA) is 76.0 Å². The fourth-order valence-electron chi connectivity index (χ4n) is 4.07. The third-order valence-electron chi connectivity index (χ3n) is 5.53. The zero-order valence-corrected chi connectivity index (χ0v) is 17.4. The lowest BCUT2D eigenvalue weighted by molar-refractivity contribution is -0.216. The minimum atomic E-state index is -0.754. The monoisotopic (exact) mass is 388 g/mol. The van der Waals surface area contributed by atoms with Crippen LogP contribution < -0.4 is 0 Å². The van der Waals surface area contributed by atoms with Gasteiger partial charge >= 0.3 is 5.97 Å². The first-order valence-corrected chi connectivity index (χ1v) is 9.97. The fourth-order valence-corrected chi connectivity index (χ4v) is 4.07. The summed E-state index contributed by atoms with van der Waals surface area (Å²) in [5.41, 5.74) is 3.17. The van der Waals surface area contributed by atoms with E-state index in [1.807, 2.05) is 13.8 Å². The number of allylic oxidation sites excluding steroid dienone is 3. The first-order chi connectivity index (χ1) is 13.3. The lowest BCUT2D eigenvalue weighted by atomic mass is 9.73. The second-order valence-corrected chi connectivity index (χ2v) is 7.72. The van der Waals surface area contributed by atoms with Crippen LogP contribution in [0.15, 0.2) is 29.9 Å². The molecule has 0 amide bonds. The number of phenolic OH excluding ortho intramolecular Hbond substituents is 2. The largest absolute Gasteiger partial charge is 0.507 e. The summed E-state index contributed by atoms with van der Waals surface area (Å²) >= 11 is 0. The molecule has 5 heteroatoms. The van der Waals surface area contributed by atoms with Gasteiger partial charge in [0.05, 0.1) is 7.11 Å². The van der Waals surface area contributed by atoms with Crippen LogP contribution in [0.2, 0.25) is 0 Å². The quantitative estimate of drug-likeness (QED) is 0.264. The Balaban J connectivity index is 2.61. The van der Waals surface area contributed by atoms with Gasteiger partial charge in [-0.3, -0.25) is 4.89 Å². The van der Waals surface area contributed by atoms with Gasteiger partial charge in [0.15, 0.2) is 0 Å². The Labute approximate surface area is 167 Å². The highest BCUT2D eigenvalue weighted by Crippen LogP contribution is 2.48. The zero-order valence-electron chi connectivity index (χ0n) is 17.4. The first-order valence-electron chi connectivity index (χ1n) is 9.97. The molecule has 1 aliphatic carbocycles. The highest BCUT2D eigenvalue weighted by Gasteiger charge is 2.33. The summed E-state index contributed by atoms with van der Waals surface area (Å²) in [7, 11) is 1.25. The number of hydrogen-bond acceptors (Lipinski definition) is 5. The average Bonchev–Trinajstić information content (AvgIpc) is 2.61. The van der Waals surface area contributed by atoms with E-state index in [1.165, 1.54) is 12.7 Å². The summed E-state index contributed by atoms with van der Waals surface area (Å²) in [6, 6.07) is 1.59. The van der Waals surface area contributed by atoms with Crippen LogP contribution in [0.1, 0.15) is 80.3 Å². The second kappa shape index (κ2) is 9.78. The van der Waals surface area contributed by atoms with E-state index in [0.29, 0.717) is 17.5 Å². The van der Waals surface area contributed by atoms with Crippen LogP contribution in [0.3, 0.4) is 0 Å². The number of hydrogen-bond donors (Lipinski definition) is 2. The molecule has 1 aromatic carbocycles. The van der Waals surface area contributed by atoms with E-state index in [1.54, 1.807) is 6.07 Å². The first kappa shape index (κ1) is 22.0. The van der Waals surface area contributed by atoms with Crippen LogP contribution in [0.4, 0.5) is 0 Å². The number of rotatable bonds is 8. The number of aryl methyl sites for hydroxylation is 1. The molecule has 0 aromatic heterocycles. The standard InChI is InChI=1S/C23H32O5/c1-6-7-8-9-16-13-19(24)21(22(25)20(16)23(26)28-27-5)18-12-15(4)10-11-17(18)14(2)3/h12-13,17-18,24-25H,2,6-11H2,1,3-5H3/t17-,18+/m0/s1. The molecule has 0 fully saturated rings. The van der Waals surface area contributed by atoms with Crippen molar-refractivity contribution in [2.75, 3.05) is 7.11 Å². The molecule has 0 heterocycles. The van der Waals surface area contributed by atoms with E-state index in [0.717, 1.165) is 37.7 Å². The summed E-state index contributed by atoms with van der Waals surface area (Å²) in [5.74, 6) is -1.14. The molecule has 0 radical (unpaired) electrons. The summed E-state index contributed by atoms with van der Waals surface area (Å²) in [6.45, 7) is 10.2. The van der Waals surface area contributed by atoms with Gasteiger partial charge in [0.1, 0.15) is 17.1 Å². The molecular weight excluding hydrogens is 356 g/mol. The predicted octanol–water partition coefficient (Wildman–Crippen LogP) is 5.56. The Kier molecular flexibility index (Phi) is 7.69. The van der Waals surface area contributed by atoms with Crippen molar-refractivity contribution in [2.24, 2.45) is 5.92 Å². The van der Waals surface area contributed by atoms with E-state index >= 15 is 0 Å². The average molecular weight is 389 g/mol. The van der Waals surface area contributed by atoms with Gasteiger partial charge in [-0.2, -0.15) is 4.89 Å². The Bertz CT molecular complexity index is 763. The number of carbonyl (C=O) groups excluding carboxylic acids is 1. The Morgan fingerprint density at radius 1 is 1.32 bits per heavy atom. The summed E-state index contributed by atoms with van der Waals surface area (Å²) in [6.07, 6.45) is 7.32. The van der Waals surface area contributed by atoms with Gasteiger partial charge in [0.2, 0.25) is 0 Å². The van der Waals surface area contributed by atoms with Crippen molar-refractivity contribution >= 4 is 5.97 Å². The van der Waals surface area contributed by atoms with Crippen molar-refractivity contribution in [3.63, 3.8) is 0 Å². The number of benzene rings is 1. The van der Waals surface area contributed by atoms with Crippen LogP contribution >= 0.6 is 0 Å². The van der Waals surface area contributed by atoms with Gasteiger partial charge in [-0.1, -0.05) is 43.6 Å². The number of aromatic hydroxyl groups is 2. The summed E-state index contributed by atoms with van der Waals surface area (Å²) < 4.78 is 0. The van der Waals surface area contributed by atoms with Crippen LogP contribution in [-0.2, 0) is 16.2 Å². The van der Waals surface area contributed by atoms with Crippen LogP contribution in [0.25, 0.3) is 0 Å². The second-order valence-electron chi connectivity index (χ2n) is 7.72. The number of carbonyl (C=O) groups is 1. The molecular formula is C23H32O5. The highest BCUT2D eigenvalue weighted by molar-refractivity contribution is 5.95. The Morgan fingerprint density at radius 3 is 2.64 bits per heavy atom. The molecule has 2 N–H and O–H groups in total. The van der Waals surface area contributed by atoms with E-state index < -0.39 is 5.97 Å². The molecule has 1 aromatic rings. The summed E-state index contributed by atoms with van der Waals surface area (Å²) in [4.78, 5) is 21.8.